The predicted molar refractivity (Wildman–Crippen MR) is 88.5 cm³/mol. The molecule has 0 radical (unpaired) electrons. The number of urea groups is 1. The first-order valence-electron chi connectivity index (χ1n) is 8.01. The number of sulfonamides is 1. The fourth-order valence-corrected chi connectivity index (χ4v) is 4.21. The van der Waals surface area contributed by atoms with Crippen LogP contribution in [-0.2, 0) is 23.0 Å². The maximum Gasteiger partial charge on any atom is 0.317 e. The molecule has 0 aromatic heterocycles. The van der Waals surface area contributed by atoms with E-state index in [9.17, 15) is 13.2 Å². The van der Waals surface area contributed by atoms with Crippen LogP contribution in [0.25, 0.3) is 0 Å². The molecule has 2 amide bonds. The number of nitrogens with one attached hydrogen (secondary N) is 1. The van der Waals surface area contributed by atoms with E-state index in [1.165, 1.54) is 21.7 Å². The van der Waals surface area contributed by atoms with E-state index in [1.807, 2.05) is 17.0 Å². The monoisotopic (exact) mass is 337 g/mol. The van der Waals surface area contributed by atoms with Crippen molar-refractivity contribution in [3.05, 3.63) is 35.4 Å². The third-order valence-corrected chi connectivity index (χ3v) is 5.87. The summed E-state index contributed by atoms with van der Waals surface area (Å²) in [6, 6.07) is 7.97. The van der Waals surface area contributed by atoms with E-state index in [0.717, 1.165) is 19.3 Å². The Labute approximate surface area is 137 Å². The van der Waals surface area contributed by atoms with Gasteiger partial charge in [-0.15, -0.1) is 0 Å². The molecular formula is C16H23N3O3S. The molecule has 126 valence electrons. The van der Waals surface area contributed by atoms with Crippen molar-refractivity contribution in [2.75, 3.05) is 25.9 Å². The smallest absolute Gasteiger partial charge is 0.317 e. The van der Waals surface area contributed by atoms with Crippen molar-refractivity contribution in [2.45, 2.75) is 31.8 Å². The molecule has 2 aliphatic rings. The molecule has 0 spiro atoms. The van der Waals surface area contributed by atoms with Gasteiger partial charge in [0.25, 0.3) is 0 Å². The Kier molecular flexibility index (Phi) is 4.59. The number of piperidine rings is 1. The molecule has 1 fully saturated rings. The maximum absolute atomic E-state index is 12.5. The molecule has 3 rings (SSSR count). The van der Waals surface area contributed by atoms with Crippen molar-refractivity contribution >= 4 is 16.1 Å². The molecule has 2 heterocycles. The van der Waals surface area contributed by atoms with Gasteiger partial charge in [0.05, 0.1) is 6.26 Å². The topological polar surface area (TPSA) is 69.7 Å². The molecule has 0 bridgehead atoms. The van der Waals surface area contributed by atoms with Crippen LogP contribution in [0.2, 0.25) is 0 Å². The van der Waals surface area contributed by atoms with Crippen molar-refractivity contribution in [1.29, 1.82) is 0 Å². The van der Waals surface area contributed by atoms with Gasteiger partial charge in [-0.05, 0) is 30.4 Å². The van der Waals surface area contributed by atoms with Gasteiger partial charge in [0.2, 0.25) is 10.0 Å². The average Bonchev–Trinajstić information content (AvgIpc) is 2.54. The summed E-state index contributed by atoms with van der Waals surface area (Å²) in [5.74, 6) is 0. The van der Waals surface area contributed by atoms with Gasteiger partial charge in [-0.2, -0.15) is 0 Å². The second-order valence-corrected chi connectivity index (χ2v) is 8.33. The SMILES string of the molecule is CS(=O)(=O)N1CCCC(NC(=O)N2CCc3ccccc3C2)C1. The molecule has 0 aliphatic carbocycles. The third-order valence-electron chi connectivity index (χ3n) is 4.60. The predicted octanol–water partition coefficient (Wildman–Crippen LogP) is 1.18. The molecule has 0 saturated carbocycles. The zero-order chi connectivity index (χ0) is 16.4. The first-order valence-corrected chi connectivity index (χ1v) is 9.85. The summed E-state index contributed by atoms with van der Waals surface area (Å²) in [5.41, 5.74) is 2.49. The van der Waals surface area contributed by atoms with Gasteiger partial charge in [0, 0.05) is 32.2 Å². The lowest BCUT2D eigenvalue weighted by Gasteiger charge is -2.34. The fourth-order valence-electron chi connectivity index (χ4n) is 3.30. The van der Waals surface area contributed by atoms with Crippen LogP contribution in [0.1, 0.15) is 24.0 Å². The Balaban J connectivity index is 1.60. The van der Waals surface area contributed by atoms with Crippen LogP contribution in [0, 0.1) is 0 Å². The van der Waals surface area contributed by atoms with Crippen LogP contribution in [0.3, 0.4) is 0 Å². The highest BCUT2D eigenvalue weighted by atomic mass is 32.2. The lowest BCUT2D eigenvalue weighted by Crippen LogP contribution is -2.53. The van der Waals surface area contributed by atoms with E-state index in [0.29, 0.717) is 26.2 Å². The quantitative estimate of drug-likeness (QED) is 0.881. The van der Waals surface area contributed by atoms with Gasteiger partial charge in [0.15, 0.2) is 0 Å². The Bertz CT molecular complexity index is 690. The molecule has 1 N–H and O–H groups in total. The molecular weight excluding hydrogens is 314 g/mol. The minimum absolute atomic E-state index is 0.0974. The molecule has 1 aromatic carbocycles. The van der Waals surface area contributed by atoms with Gasteiger partial charge >= 0.3 is 6.03 Å². The highest BCUT2D eigenvalue weighted by Crippen LogP contribution is 2.19. The largest absolute Gasteiger partial charge is 0.334 e. The Morgan fingerprint density at radius 1 is 1.22 bits per heavy atom. The molecule has 6 nitrogen and oxygen atoms in total. The number of hydrogen-bond acceptors (Lipinski definition) is 3. The molecule has 23 heavy (non-hydrogen) atoms. The Morgan fingerprint density at radius 2 is 1.96 bits per heavy atom. The lowest BCUT2D eigenvalue weighted by molar-refractivity contribution is 0.181. The Morgan fingerprint density at radius 3 is 2.70 bits per heavy atom. The van der Waals surface area contributed by atoms with E-state index in [4.69, 9.17) is 0 Å². The summed E-state index contributed by atoms with van der Waals surface area (Å²) in [5, 5.41) is 3.00. The number of rotatable bonds is 2. The summed E-state index contributed by atoms with van der Waals surface area (Å²) >= 11 is 0. The maximum atomic E-state index is 12.5. The zero-order valence-electron chi connectivity index (χ0n) is 13.4. The fraction of sp³-hybridized carbons (Fsp3) is 0.562. The van der Waals surface area contributed by atoms with Gasteiger partial charge in [-0.3, -0.25) is 0 Å². The summed E-state index contributed by atoms with van der Waals surface area (Å²) < 4.78 is 24.8. The standard InChI is InChI=1S/C16H23N3O3S/c1-23(21,22)19-9-4-7-15(12-19)17-16(20)18-10-8-13-5-2-3-6-14(13)11-18/h2-3,5-6,15H,4,7-12H2,1H3,(H,17,20). The normalized spacial score (nSPS) is 22.5. The number of carbonyl (C=O) groups excluding carboxylic acids is 1. The highest BCUT2D eigenvalue weighted by molar-refractivity contribution is 7.88. The molecule has 7 heteroatoms. The number of fused-ring (bicyclic) bond motifs is 1. The minimum Gasteiger partial charge on any atom is -0.334 e. The van der Waals surface area contributed by atoms with E-state index >= 15 is 0 Å². The second-order valence-electron chi connectivity index (χ2n) is 6.35. The van der Waals surface area contributed by atoms with E-state index in [-0.39, 0.29) is 12.1 Å². The number of amides is 2. The first kappa shape index (κ1) is 16.3. The summed E-state index contributed by atoms with van der Waals surface area (Å²) in [7, 11) is -3.19. The molecule has 1 atom stereocenters. The van der Waals surface area contributed by atoms with Crippen LogP contribution in [0.4, 0.5) is 4.79 Å². The van der Waals surface area contributed by atoms with E-state index < -0.39 is 10.0 Å². The van der Waals surface area contributed by atoms with Crippen LogP contribution < -0.4 is 5.32 Å². The first-order chi connectivity index (χ1) is 10.9. The molecule has 1 unspecified atom stereocenters. The molecule has 2 aliphatic heterocycles. The number of hydrogen-bond donors (Lipinski definition) is 1. The van der Waals surface area contributed by atoms with Crippen molar-refractivity contribution in [3.63, 3.8) is 0 Å². The number of nitrogens with zero attached hydrogens (tertiary/aromatic N) is 2. The van der Waals surface area contributed by atoms with Crippen molar-refractivity contribution in [3.8, 4) is 0 Å². The van der Waals surface area contributed by atoms with Gasteiger partial charge in [-0.25, -0.2) is 17.5 Å². The van der Waals surface area contributed by atoms with Crippen molar-refractivity contribution in [2.24, 2.45) is 0 Å². The minimum atomic E-state index is -3.19. The van der Waals surface area contributed by atoms with E-state index in [1.54, 1.807) is 0 Å². The zero-order valence-corrected chi connectivity index (χ0v) is 14.2. The molecule has 1 saturated heterocycles. The van der Waals surface area contributed by atoms with Crippen LogP contribution in [0.5, 0.6) is 0 Å². The molecule has 1 aromatic rings. The lowest BCUT2D eigenvalue weighted by atomic mass is 10.0. The van der Waals surface area contributed by atoms with Crippen LogP contribution in [-0.4, -0.2) is 55.6 Å². The third kappa shape index (κ3) is 3.84. The number of benzene rings is 1. The average molecular weight is 337 g/mol. The Hall–Kier alpha value is -1.60. The van der Waals surface area contributed by atoms with Gasteiger partial charge < -0.3 is 10.2 Å². The van der Waals surface area contributed by atoms with Crippen molar-refractivity contribution < 1.29 is 13.2 Å². The highest BCUT2D eigenvalue weighted by Gasteiger charge is 2.28. The van der Waals surface area contributed by atoms with Crippen LogP contribution in [0.15, 0.2) is 24.3 Å². The summed E-state index contributed by atoms with van der Waals surface area (Å²) in [4.78, 5) is 14.3. The van der Waals surface area contributed by atoms with E-state index in [2.05, 4.69) is 17.4 Å². The summed E-state index contributed by atoms with van der Waals surface area (Å²) in [6.07, 6.45) is 3.69. The van der Waals surface area contributed by atoms with Crippen LogP contribution >= 0.6 is 0 Å². The second kappa shape index (κ2) is 6.49. The van der Waals surface area contributed by atoms with Crippen molar-refractivity contribution in [1.82, 2.24) is 14.5 Å². The number of carbonyl (C=O) groups is 1. The van der Waals surface area contributed by atoms with Gasteiger partial charge in [-0.1, -0.05) is 24.3 Å². The summed E-state index contributed by atoms with van der Waals surface area (Å²) in [6.45, 7) is 2.23. The van der Waals surface area contributed by atoms with Gasteiger partial charge in [0.1, 0.15) is 0 Å².